The van der Waals surface area contributed by atoms with Crippen molar-refractivity contribution in [3.05, 3.63) is 65.6 Å². The third kappa shape index (κ3) is 6.15. The molecule has 2 aromatic heterocycles. The largest absolute Gasteiger partial charge is 0.488 e. The summed E-state index contributed by atoms with van der Waals surface area (Å²) >= 11 is 0. The first-order valence-electron chi connectivity index (χ1n) is 13.4. The van der Waals surface area contributed by atoms with E-state index in [4.69, 9.17) is 15.2 Å². The maximum absolute atomic E-state index is 15.3. The number of aliphatic hydroxyl groups is 1. The molecule has 1 aromatic carbocycles. The average molecular weight is 571 g/mol. The third-order valence-electron chi connectivity index (χ3n) is 7.61. The third-order valence-corrected chi connectivity index (χ3v) is 8.06. The molecule has 3 aromatic rings. The van der Waals surface area contributed by atoms with Crippen molar-refractivity contribution < 1.29 is 28.2 Å². The summed E-state index contributed by atoms with van der Waals surface area (Å²) in [5, 5.41) is 13.4. The fraction of sp³-hybridized carbons (Fsp3) is 0.414. The van der Waals surface area contributed by atoms with Gasteiger partial charge in [-0.15, -0.1) is 9.24 Å². The molecule has 0 radical (unpaired) electrons. The van der Waals surface area contributed by atoms with E-state index < -0.39 is 23.6 Å². The van der Waals surface area contributed by atoms with Crippen LogP contribution in [0.25, 0.3) is 11.3 Å². The Morgan fingerprint density at radius 2 is 2.05 bits per heavy atom. The number of aromatic nitrogens is 2. The molecule has 1 saturated carbocycles. The van der Waals surface area contributed by atoms with Crippen molar-refractivity contribution in [2.75, 3.05) is 18.5 Å². The number of ether oxygens (including phenoxy) is 2. The van der Waals surface area contributed by atoms with Gasteiger partial charge in [0.05, 0.1) is 24.6 Å². The average Bonchev–Trinajstić information content (AvgIpc) is 2.93. The van der Waals surface area contributed by atoms with Crippen LogP contribution in [0.15, 0.2) is 42.7 Å². The standard InChI is InChI=1S/C29H33F2N4O4P/c1-15-9-16(10-22(32)28(15)36)19-6-7-33-13-24(19)35-29(37)23-5-4-20(30)27(34-23)26-21(31)11-18(12-25(26)40)39-17-3-2-8-38-14-17/h4-7,11-13,15-17,22,28,36H,2-3,8-10,14,32,40H2,1H3,(H,35,37). The molecule has 212 valence electrons. The van der Waals surface area contributed by atoms with Gasteiger partial charge in [-0.3, -0.25) is 9.78 Å². The molecule has 4 N–H and O–H groups in total. The summed E-state index contributed by atoms with van der Waals surface area (Å²) < 4.78 is 41.5. The van der Waals surface area contributed by atoms with Crippen molar-refractivity contribution >= 4 is 26.1 Å². The SMILES string of the molecule is CC1CC(c2ccncc2NC(=O)c2ccc(F)c(-c3c(F)cc(OC4CCCOC4)cc3P)n2)CC(N)C1O. The van der Waals surface area contributed by atoms with Crippen molar-refractivity contribution in [3.63, 3.8) is 0 Å². The Kier molecular flexibility index (Phi) is 8.71. The van der Waals surface area contributed by atoms with Gasteiger partial charge in [0.25, 0.3) is 5.91 Å². The highest BCUT2D eigenvalue weighted by Crippen LogP contribution is 2.38. The molecule has 1 amide bonds. The number of pyridine rings is 2. The molecule has 8 nitrogen and oxygen atoms in total. The zero-order valence-electron chi connectivity index (χ0n) is 22.1. The number of anilines is 1. The van der Waals surface area contributed by atoms with E-state index in [-0.39, 0.29) is 40.9 Å². The number of nitrogens with zero attached hydrogens (tertiary/aromatic N) is 2. The van der Waals surface area contributed by atoms with Crippen molar-refractivity contribution in [2.45, 2.75) is 56.8 Å². The Balaban J connectivity index is 1.38. The number of halogens is 2. The zero-order chi connectivity index (χ0) is 28.4. The Morgan fingerprint density at radius 1 is 1.23 bits per heavy atom. The Labute approximate surface area is 233 Å². The monoisotopic (exact) mass is 570 g/mol. The minimum absolute atomic E-state index is 0.00409. The van der Waals surface area contributed by atoms with Crippen molar-refractivity contribution in [1.29, 1.82) is 0 Å². The van der Waals surface area contributed by atoms with E-state index in [0.717, 1.165) is 24.5 Å². The lowest BCUT2D eigenvalue weighted by atomic mass is 9.74. The quantitative estimate of drug-likeness (QED) is 0.384. The Bertz CT molecular complexity index is 1350. The maximum Gasteiger partial charge on any atom is 0.274 e. The van der Waals surface area contributed by atoms with Crippen molar-refractivity contribution in [2.24, 2.45) is 11.7 Å². The Morgan fingerprint density at radius 3 is 2.77 bits per heavy atom. The molecule has 5 rings (SSSR count). The summed E-state index contributed by atoms with van der Waals surface area (Å²) in [5.74, 6) is -1.76. The molecule has 1 saturated heterocycles. The van der Waals surface area contributed by atoms with E-state index in [9.17, 15) is 14.3 Å². The van der Waals surface area contributed by atoms with Gasteiger partial charge in [-0.2, -0.15) is 0 Å². The second-order valence-electron chi connectivity index (χ2n) is 10.6. The molecule has 6 atom stereocenters. The summed E-state index contributed by atoms with van der Waals surface area (Å²) in [6.45, 7) is 3.05. The van der Waals surface area contributed by atoms with Gasteiger partial charge < -0.3 is 25.6 Å². The van der Waals surface area contributed by atoms with Crippen LogP contribution in [0.5, 0.6) is 5.75 Å². The summed E-state index contributed by atoms with van der Waals surface area (Å²) in [4.78, 5) is 21.6. The molecule has 6 unspecified atom stereocenters. The van der Waals surface area contributed by atoms with Crippen LogP contribution in [0, 0.1) is 17.6 Å². The smallest absolute Gasteiger partial charge is 0.274 e. The van der Waals surface area contributed by atoms with Crippen LogP contribution in [0.3, 0.4) is 0 Å². The van der Waals surface area contributed by atoms with E-state index in [1.54, 1.807) is 12.3 Å². The second kappa shape index (κ2) is 12.2. The number of hydrogen-bond acceptors (Lipinski definition) is 7. The lowest BCUT2D eigenvalue weighted by Crippen LogP contribution is -2.44. The lowest BCUT2D eigenvalue weighted by molar-refractivity contribution is 0.00736. The number of benzene rings is 1. The van der Waals surface area contributed by atoms with Crippen LogP contribution in [0.2, 0.25) is 0 Å². The molecular formula is C29H33F2N4O4P. The first-order valence-corrected chi connectivity index (χ1v) is 14.0. The van der Waals surface area contributed by atoms with Crippen LogP contribution < -0.4 is 21.1 Å². The van der Waals surface area contributed by atoms with Crippen LogP contribution in [-0.2, 0) is 4.74 Å². The molecule has 1 aliphatic heterocycles. The second-order valence-corrected chi connectivity index (χ2v) is 11.2. The van der Waals surface area contributed by atoms with Crippen LogP contribution in [-0.4, -0.2) is 52.4 Å². The van der Waals surface area contributed by atoms with Gasteiger partial charge in [-0.1, -0.05) is 6.92 Å². The number of carbonyl (C=O) groups excluding carboxylic acids is 1. The van der Waals surface area contributed by atoms with E-state index in [1.165, 1.54) is 18.3 Å². The van der Waals surface area contributed by atoms with E-state index in [0.29, 0.717) is 42.8 Å². The summed E-state index contributed by atoms with van der Waals surface area (Å²) in [6.07, 6.45) is 5.33. The Hall–Kier alpha value is -3.04. The number of carbonyl (C=O) groups is 1. The van der Waals surface area contributed by atoms with Gasteiger partial charge >= 0.3 is 0 Å². The fourth-order valence-corrected chi connectivity index (χ4v) is 5.98. The number of hydrogen-bond donors (Lipinski definition) is 3. The van der Waals surface area contributed by atoms with Crippen molar-refractivity contribution in [1.82, 2.24) is 9.97 Å². The highest BCUT2D eigenvalue weighted by Gasteiger charge is 2.34. The summed E-state index contributed by atoms with van der Waals surface area (Å²) in [6, 6.07) is 6.58. The number of rotatable bonds is 6. The first-order chi connectivity index (χ1) is 19.2. The van der Waals surface area contributed by atoms with E-state index in [1.807, 2.05) is 13.0 Å². The van der Waals surface area contributed by atoms with Gasteiger partial charge in [0.15, 0.2) is 0 Å². The molecule has 1 aliphatic carbocycles. The lowest BCUT2D eigenvalue weighted by Gasteiger charge is -2.36. The molecule has 11 heteroatoms. The number of aliphatic hydroxyl groups excluding tert-OH is 1. The number of nitrogens with two attached hydrogens (primary N) is 1. The molecule has 2 aliphatic rings. The molecule has 3 heterocycles. The zero-order valence-corrected chi connectivity index (χ0v) is 23.3. The molecule has 2 fully saturated rings. The van der Waals surface area contributed by atoms with Gasteiger partial charge in [-0.25, -0.2) is 13.8 Å². The van der Waals surface area contributed by atoms with Crippen molar-refractivity contribution in [3.8, 4) is 17.0 Å². The predicted octanol–water partition coefficient (Wildman–Crippen LogP) is 3.93. The molecule has 0 spiro atoms. The number of amides is 1. The molecule has 40 heavy (non-hydrogen) atoms. The van der Waals surface area contributed by atoms with Gasteiger partial charge in [-0.05, 0) is 72.7 Å². The van der Waals surface area contributed by atoms with Crippen LogP contribution >= 0.6 is 9.24 Å². The topological polar surface area (TPSA) is 120 Å². The van der Waals surface area contributed by atoms with Gasteiger partial charge in [0.2, 0.25) is 0 Å². The highest BCUT2D eigenvalue weighted by atomic mass is 31.0. The van der Waals surface area contributed by atoms with Crippen LogP contribution in [0.1, 0.15) is 54.6 Å². The minimum Gasteiger partial charge on any atom is -0.488 e. The van der Waals surface area contributed by atoms with Crippen LogP contribution in [0.4, 0.5) is 14.5 Å². The molecular weight excluding hydrogens is 537 g/mol. The highest BCUT2D eigenvalue weighted by molar-refractivity contribution is 7.28. The fourth-order valence-electron chi connectivity index (χ4n) is 5.54. The normalized spacial score (nSPS) is 24.9. The van der Waals surface area contributed by atoms with E-state index >= 15 is 4.39 Å². The maximum atomic E-state index is 15.3. The van der Waals surface area contributed by atoms with Gasteiger partial charge in [0, 0.05) is 30.5 Å². The first kappa shape index (κ1) is 28.5. The summed E-state index contributed by atoms with van der Waals surface area (Å²) in [5.41, 5.74) is 7.04. The molecule has 0 bridgehead atoms. The minimum atomic E-state index is -0.765. The predicted molar refractivity (Wildman–Crippen MR) is 151 cm³/mol. The summed E-state index contributed by atoms with van der Waals surface area (Å²) in [7, 11) is 2.39. The van der Waals surface area contributed by atoms with E-state index in [2.05, 4.69) is 24.5 Å². The number of nitrogens with one attached hydrogen (secondary N) is 1. The van der Waals surface area contributed by atoms with Gasteiger partial charge in [0.1, 0.15) is 34.9 Å².